The molecule has 0 fully saturated rings. The highest BCUT2D eigenvalue weighted by atomic mass is 19.1. The summed E-state index contributed by atoms with van der Waals surface area (Å²) in [6.45, 7) is 7.93. The Morgan fingerprint density at radius 1 is 1.24 bits per heavy atom. The number of hydrogen-bond acceptors (Lipinski definition) is 6. The van der Waals surface area contributed by atoms with E-state index in [1.165, 1.54) is 0 Å². The van der Waals surface area contributed by atoms with E-state index in [2.05, 4.69) is 10.3 Å². The standard InChI is InChI=1S/C22H25FN4O4.C2H6/c1-13(2)18-11-19(28)27(21(24)26-18)22(30,31)16-8-15(9-17(23)10-16)20(29)25-12-14-6-4-3-5-7-14;1-2/h3-10,13,18,30-31H,11-12H2,1-2H3,(H2,24,26)(H,25,29);1-2H3. The fourth-order valence-electron chi connectivity index (χ4n) is 3.31. The number of hydrogen-bond donors (Lipinski definition) is 4. The Morgan fingerprint density at radius 2 is 1.88 bits per heavy atom. The first-order chi connectivity index (χ1) is 15.6. The molecule has 1 heterocycles. The van der Waals surface area contributed by atoms with Crippen molar-refractivity contribution in [1.29, 1.82) is 0 Å². The van der Waals surface area contributed by atoms with Gasteiger partial charge in [0.25, 0.3) is 11.8 Å². The molecule has 2 amide bonds. The molecule has 2 aromatic carbocycles. The van der Waals surface area contributed by atoms with Gasteiger partial charge in [-0.05, 0) is 29.7 Å². The second-order valence-corrected chi connectivity index (χ2v) is 7.76. The van der Waals surface area contributed by atoms with Crippen molar-refractivity contribution in [3.05, 3.63) is 71.0 Å². The maximum absolute atomic E-state index is 14.2. The van der Waals surface area contributed by atoms with E-state index in [1.54, 1.807) is 0 Å². The van der Waals surface area contributed by atoms with Crippen LogP contribution < -0.4 is 11.1 Å². The lowest BCUT2D eigenvalue weighted by molar-refractivity contribution is -0.247. The van der Waals surface area contributed by atoms with Crippen LogP contribution >= 0.6 is 0 Å². The highest BCUT2D eigenvalue weighted by Gasteiger charge is 2.44. The molecular formula is C24H31FN4O4. The number of benzene rings is 2. The maximum atomic E-state index is 14.2. The number of aliphatic hydroxyl groups is 2. The maximum Gasteiger partial charge on any atom is 0.284 e. The van der Waals surface area contributed by atoms with E-state index < -0.39 is 35.1 Å². The van der Waals surface area contributed by atoms with Gasteiger partial charge in [-0.25, -0.2) is 14.3 Å². The minimum atomic E-state index is -2.98. The topological polar surface area (TPSA) is 128 Å². The van der Waals surface area contributed by atoms with E-state index in [-0.39, 0.29) is 30.4 Å². The molecule has 178 valence electrons. The number of halogens is 1. The van der Waals surface area contributed by atoms with Gasteiger partial charge >= 0.3 is 0 Å². The molecule has 0 saturated heterocycles. The average Bonchev–Trinajstić information content (AvgIpc) is 2.78. The minimum absolute atomic E-state index is 0.0190. The first-order valence-corrected chi connectivity index (χ1v) is 10.8. The lowest BCUT2D eigenvalue weighted by Gasteiger charge is -2.38. The number of aliphatic imine (C=N–C) groups is 1. The molecule has 33 heavy (non-hydrogen) atoms. The van der Waals surface area contributed by atoms with Gasteiger partial charge < -0.3 is 21.3 Å². The van der Waals surface area contributed by atoms with Crippen LogP contribution in [0.3, 0.4) is 0 Å². The first kappa shape index (κ1) is 26.0. The van der Waals surface area contributed by atoms with Crippen molar-refractivity contribution in [1.82, 2.24) is 10.2 Å². The zero-order valence-corrected chi connectivity index (χ0v) is 19.2. The van der Waals surface area contributed by atoms with E-state index in [9.17, 15) is 24.2 Å². The second-order valence-electron chi connectivity index (χ2n) is 7.76. The predicted octanol–water partition coefficient (Wildman–Crippen LogP) is 2.45. The molecule has 1 atom stereocenters. The molecule has 8 nitrogen and oxygen atoms in total. The van der Waals surface area contributed by atoms with Crippen molar-refractivity contribution in [2.24, 2.45) is 16.6 Å². The summed E-state index contributed by atoms with van der Waals surface area (Å²) >= 11 is 0. The van der Waals surface area contributed by atoms with Crippen molar-refractivity contribution in [2.45, 2.75) is 52.6 Å². The zero-order valence-electron chi connectivity index (χ0n) is 19.2. The van der Waals surface area contributed by atoms with Crippen LogP contribution in [0.1, 0.15) is 55.6 Å². The number of rotatable bonds is 6. The van der Waals surface area contributed by atoms with Crippen LogP contribution in [-0.2, 0) is 17.3 Å². The molecule has 3 rings (SSSR count). The number of carbonyl (C=O) groups excluding carboxylic acids is 2. The zero-order chi connectivity index (χ0) is 24.8. The van der Waals surface area contributed by atoms with Crippen molar-refractivity contribution in [2.75, 3.05) is 0 Å². The van der Waals surface area contributed by atoms with Gasteiger partial charge in [-0.3, -0.25) is 9.59 Å². The minimum Gasteiger partial charge on any atom is -0.369 e. The first-order valence-electron chi connectivity index (χ1n) is 10.8. The van der Waals surface area contributed by atoms with Gasteiger partial charge in [0.15, 0.2) is 0 Å². The fourth-order valence-corrected chi connectivity index (χ4v) is 3.31. The monoisotopic (exact) mass is 458 g/mol. The van der Waals surface area contributed by atoms with Crippen LogP contribution in [0.15, 0.2) is 53.5 Å². The Balaban J connectivity index is 0.00000187. The summed E-state index contributed by atoms with van der Waals surface area (Å²) in [5.74, 6) is -5.52. The summed E-state index contributed by atoms with van der Waals surface area (Å²) in [6, 6.07) is 11.6. The number of nitrogens with one attached hydrogen (secondary N) is 1. The van der Waals surface area contributed by atoms with E-state index in [1.807, 2.05) is 58.0 Å². The third-order valence-electron chi connectivity index (χ3n) is 5.08. The molecule has 9 heteroatoms. The van der Waals surface area contributed by atoms with Crippen LogP contribution in [-0.4, -0.2) is 38.9 Å². The number of nitrogens with two attached hydrogens (primary N) is 1. The quantitative estimate of drug-likeness (QED) is 0.495. The van der Waals surface area contributed by atoms with E-state index in [0.717, 1.165) is 23.8 Å². The number of nitrogens with zero attached hydrogens (tertiary/aromatic N) is 2. The van der Waals surface area contributed by atoms with Crippen LogP contribution in [0.2, 0.25) is 0 Å². The van der Waals surface area contributed by atoms with Crippen LogP contribution in [0.4, 0.5) is 4.39 Å². The van der Waals surface area contributed by atoms with Crippen LogP contribution in [0.5, 0.6) is 0 Å². The average molecular weight is 459 g/mol. The lowest BCUT2D eigenvalue weighted by atomic mass is 9.98. The second kappa shape index (κ2) is 11.0. The molecule has 0 aromatic heterocycles. The van der Waals surface area contributed by atoms with Gasteiger partial charge in [0.1, 0.15) is 5.82 Å². The van der Waals surface area contributed by atoms with E-state index in [4.69, 9.17) is 5.73 Å². The SMILES string of the molecule is CC.CC(C)C1CC(=O)N(C(O)(O)c2cc(F)cc(C(=O)NCc3ccccc3)c2)C(N)=N1. The Morgan fingerprint density at radius 3 is 2.45 bits per heavy atom. The Hall–Kier alpha value is -3.30. The highest BCUT2D eigenvalue weighted by molar-refractivity contribution is 5.99. The third kappa shape index (κ3) is 6.15. The lowest BCUT2D eigenvalue weighted by Crippen LogP contribution is -2.58. The van der Waals surface area contributed by atoms with Gasteiger partial charge in [-0.15, -0.1) is 0 Å². The molecule has 0 aliphatic carbocycles. The molecule has 0 bridgehead atoms. The van der Waals surface area contributed by atoms with E-state index >= 15 is 0 Å². The number of guanidine groups is 1. The summed E-state index contributed by atoms with van der Waals surface area (Å²) in [6.07, 6.45) is -0.0824. The van der Waals surface area contributed by atoms with Crippen molar-refractivity contribution in [3.63, 3.8) is 0 Å². The van der Waals surface area contributed by atoms with Crippen molar-refractivity contribution >= 4 is 17.8 Å². The smallest absolute Gasteiger partial charge is 0.284 e. The Kier molecular flexibility index (Phi) is 8.67. The van der Waals surface area contributed by atoms with Crippen LogP contribution in [0, 0.1) is 11.7 Å². The molecule has 1 aliphatic rings. The highest BCUT2D eigenvalue weighted by Crippen LogP contribution is 2.29. The van der Waals surface area contributed by atoms with Crippen molar-refractivity contribution in [3.8, 4) is 0 Å². The van der Waals surface area contributed by atoms with Crippen molar-refractivity contribution < 1.29 is 24.2 Å². The molecule has 0 radical (unpaired) electrons. The fraction of sp³-hybridized carbons (Fsp3) is 0.375. The van der Waals surface area contributed by atoms with E-state index in [0.29, 0.717) is 4.90 Å². The summed E-state index contributed by atoms with van der Waals surface area (Å²) < 4.78 is 14.2. The molecule has 1 aliphatic heterocycles. The summed E-state index contributed by atoms with van der Waals surface area (Å²) in [7, 11) is 0. The Labute approximate surface area is 192 Å². The molecule has 2 aromatic rings. The third-order valence-corrected chi connectivity index (χ3v) is 5.08. The number of amides is 2. The summed E-state index contributed by atoms with van der Waals surface area (Å²) in [5.41, 5.74) is 6.11. The van der Waals surface area contributed by atoms with Crippen LogP contribution in [0.25, 0.3) is 0 Å². The van der Waals surface area contributed by atoms with Gasteiger partial charge in [-0.1, -0.05) is 58.0 Å². The predicted molar refractivity (Wildman–Crippen MR) is 123 cm³/mol. The number of carbonyl (C=O) groups is 2. The largest absolute Gasteiger partial charge is 0.369 e. The van der Waals surface area contributed by atoms with Gasteiger partial charge in [-0.2, -0.15) is 0 Å². The Bertz CT molecular complexity index is 1010. The molecule has 0 spiro atoms. The molecule has 5 N–H and O–H groups in total. The van der Waals surface area contributed by atoms with Gasteiger partial charge in [0.2, 0.25) is 11.9 Å². The normalized spacial score (nSPS) is 16.1. The molecular weight excluding hydrogens is 427 g/mol. The summed E-state index contributed by atoms with van der Waals surface area (Å²) in [4.78, 5) is 29.7. The molecule has 1 unspecified atom stereocenters. The summed E-state index contributed by atoms with van der Waals surface area (Å²) in [5, 5.41) is 24.1. The van der Waals surface area contributed by atoms with Gasteiger partial charge in [0, 0.05) is 17.7 Å². The molecule has 0 saturated carbocycles. The van der Waals surface area contributed by atoms with Gasteiger partial charge in [0.05, 0.1) is 12.5 Å².